The second-order valence-corrected chi connectivity index (χ2v) is 9.76. The van der Waals surface area contributed by atoms with Gasteiger partial charge in [-0.1, -0.05) is 42.8 Å². The number of halogens is 2. The number of alkyl halides is 2. The Hall–Kier alpha value is -0.140. The first-order valence-corrected chi connectivity index (χ1v) is 8.05. The van der Waals surface area contributed by atoms with Gasteiger partial charge in [-0.05, 0) is 35.1 Å². The van der Waals surface area contributed by atoms with Crippen LogP contribution >= 0.6 is 34.2 Å². The highest BCUT2D eigenvalue weighted by atomic mass is 127. The summed E-state index contributed by atoms with van der Waals surface area (Å²) in [6.07, 6.45) is 0. The van der Waals surface area contributed by atoms with Crippen LogP contribution in [0, 0.1) is 6.92 Å². The summed E-state index contributed by atoms with van der Waals surface area (Å²) in [5, 5.41) is 0. The number of hydrogen-bond acceptors (Lipinski definition) is 3. The van der Waals surface area contributed by atoms with Crippen molar-refractivity contribution in [2.45, 2.75) is 16.1 Å². The molecule has 0 saturated carbocycles. The highest BCUT2D eigenvalue weighted by Gasteiger charge is 2.46. The SMILES string of the molecule is CCS(=O)(=O)[C@](Cl)(I)C(=O)c1ccccc1C. The molecule has 0 aliphatic rings. The Morgan fingerprint density at radius 3 is 2.41 bits per heavy atom. The molecule has 0 saturated heterocycles. The van der Waals surface area contributed by atoms with E-state index in [1.54, 1.807) is 31.2 Å². The molecule has 94 valence electrons. The van der Waals surface area contributed by atoms with Crippen LogP contribution in [0.1, 0.15) is 22.8 Å². The second kappa shape index (κ2) is 5.24. The lowest BCUT2D eigenvalue weighted by molar-refractivity contribution is 0.100. The number of benzene rings is 1. The van der Waals surface area contributed by atoms with Gasteiger partial charge in [0.1, 0.15) is 0 Å². The van der Waals surface area contributed by atoms with Crippen molar-refractivity contribution >= 4 is 49.8 Å². The van der Waals surface area contributed by atoms with Crippen LogP contribution in [0.4, 0.5) is 0 Å². The first kappa shape index (κ1) is 14.9. The maximum absolute atomic E-state index is 12.2. The van der Waals surface area contributed by atoms with Crippen molar-refractivity contribution in [3.63, 3.8) is 0 Å². The zero-order valence-electron chi connectivity index (χ0n) is 9.41. The van der Waals surface area contributed by atoms with Crippen molar-refractivity contribution < 1.29 is 13.2 Å². The highest BCUT2D eigenvalue weighted by Crippen LogP contribution is 2.36. The summed E-state index contributed by atoms with van der Waals surface area (Å²) in [5.41, 5.74) is 1.06. The lowest BCUT2D eigenvalue weighted by Crippen LogP contribution is -2.36. The van der Waals surface area contributed by atoms with Crippen LogP contribution in [0.25, 0.3) is 0 Å². The molecule has 0 aliphatic carbocycles. The Labute approximate surface area is 120 Å². The highest BCUT2D eigenvalue weighted by molar-refractivity contribution is 14.1. The van der Waals surface area contributed by atoms with Gasteiger partial charge >= 0.3 is 0 Å². The molecule has 6 heteroatoms. The number of ketones is 1. The average Bonchev–Trinajstić information content (AvgIpc) is 2.28. The maximum atomic E-state index is 12.2. The fourth-order valence-corrected chi connectivity index (χ4v) is 3.72. The molecule has 1 aromatic carbocycles. The fourth-order valence-electron chi connectivity index (χ4n) is 1.31. The predicted octanol–water partition coefficient (Wildman–Crippen LogP) is 2.94. The molecular formula is C11H12ClIO3S. The van der Waals surface area contributed by atoms with Gasteiger partial charge in [-0.15, -0.1) is 0 Å². The molecule has 3 nitrogen and oxygen atoms in total. The summed E-state index contributed by atoms with van der Waals surface area (Å²) in [7, 11) is -3.66. The molecule has 0 unspecified atom stereocenters. The summed E-state index contributed by atoms with van der Waals surface area (Å²) in [6, 6.07) is 6.79. The second-order valence-electron chi connectivity index (χ2n) is 3.56. The van der Waals surface area contributed by atoms with Crippen molar-refractivity contribution in [3.8, 4) is 0 Å². The average molecular weight is 387 g/mol. The van der Waals surface area contributed by atoms with Crippen LogP contribution in [0.3, 0.4) is 0 Å². The van der Waals surface area contributed by atoms with Gasteiger partial charge in [-0.25, -0.2) is 8.42 Å². The Morgan fingerprint density at radius 2 is 1.94 bits per heavy atom. The summed E-state index contributed by atoms with van der Waals surface area (Å²) < 4.78 is 21.6. The standard InChI is InChI=1S/C11H12ClIO3S/c1-3-17(15,16)11(12,13)10(14)9-7-5-4-6-8(9)2/h4-7H,3H2,1-2H3/t11-/m1/s1. The number of carbonyl (C=O) groups excluding carboxylic acids is 1. The van der Waals surface area contributed by atoms with Crippen LogP contribution in [0.15, 0.2) is 24.3 Å². The minimum absolute atomic E-state index is 0.170. The number of Topliss-reactive ketones (excluding diaryl/α,β-unsaturated/α-hetero) is 1. The number of hydrogen-bond donors (Lipinski definition) is 0. The molecule has 0 radical (unpaired) electrons. The Morgan fingerprint density at radius 1 is 1.41 bits per heavy atom. The van der Waals surface area contributed by atoms with Gasteiger partial charge in [-0.2, -0.15) is 0 Å². The lowest BCUT2D eigenvalue weighted by Gasteiger charge is -2.19. The summed E-state index contributed by atoms with van der Waals surface area (Å²) in [5.74, 6) is -0.753. The van der Waals surface area contributed by atoms with E-state index in [9.17, 15) is 13.2 Å². The molecule has 0 aromatic heterocycles. The molecule has 0 heterocycles. The molecule has 0 aliphatic heterocycles. The zero-order chi connectivity index (χ0) is 13.3. The van der Waals surface area contributed by atoms with E-state index in [1.807, 2.05) is 0 Å². The van der Waals surface area contributed by atoms with Crippen LogP contribution < -0.4 is 0 Å². The zero-order valence-corrected chi connectivity index (χ0v) is 13.1. The fraction of sp³-hybridized carbons (Fsp3) is 0.364. The van der Waals surface area contributed by atoms with E-state index in [1.165, 1.54) is 29.5 Å². The molecule has 0 spiro atoms. The normalized spacial score (nSPS) is 15.3. The molecule has 17 heavy (non-hydrogen) atoms. The van der Waals surface area contributed by atoms with Gasteiger partial charge in [0.25, 0.3) is 2.21 Å². The van der Waals surface area contributed by atoms with Crippen molar-refractivity contribution in [1.29, 1.82) is 0 Å². The first-order valence-electron chi connectivity index (χ1n) is 4.94. The van der Waals surface area contributed by atoms with Gasteiger partial charge in [-0.3, -0.25) is 4.79 Å². The molecule has 1 atom stereocenters. The number of aryl methyl sites for hydroxylation is 1. The minimum atomic E-state index is -3.66. The third-order valence-corrected chi connectivity index (χ3v) is 7.53. The monoisotopic (exact) mass is 386 g/mol. The van der Waals surface area contributed by atoms with E-state index >= 15 is 0 Å². The van der Waals surface area contributed by atoms with Gasteiger partial charge in [0.15, 0.2) is 9.84 Å². The van der Waals surface area contributed by atoms with Crippen LogP contribution in [0.5, 0.6) is 0 Å². The third kappa shape index (κ3) is 2.82. The van der Waals surface area contributed by atoms with Crippen molar-refractivity contribution in [2.24, 2.45) is 0 Å². The molecule has 0 fully saturated rings. The first-order chi connectivity index (χ1) is 7.74. The number of sulfone groups is 1. The van der Waals surface area contributed by atoms with Crippen molar-refractivity contribution in [1.82, 2.24) is 0 Å². The lowest BCUT2D eigenvalue weighted by atomic mass is 10.1. The quantitative estimate of drug-likeness (QED) is 0.454. The predicted molar refractivity (Wildman–Crippen MR) is 77.6 cm³/mol. The Balaban J connectivity index is 3.28. The van der Waals surface area contributed by atoms with E-state index in [2.05, 4.69) is 0 Å². The van der Waals surface area contributed by atoms with Crippen LogP contribution in [-0.4, -0.2) is 22.2 Å². The van der Waals surface area contributed by atoms with Gasteiger partial charge in [0.05, 0.1) is 5.75 Å². The summed E-state index contributed by atoms with van der Waals surface area (Å²) >= 11 is 7.43. The van der Waals surface area contributed by atoms with Crippen molar-refractivity contribution in [3.05, 3.63) is 35.4 Å². The van der Waals surface area contributed by atoms with E-state index in [0.717, 1.165) is 0 Å². The largest absolute Gasteiger partial charge is 0.290 e. The topological polar surface area (TPSA) is 51.2 Å². The molecule has 1 aromatic rings. The molecule has 0 bridgehead atoms. The Bertz CT molecular complexity index is 537. The smallest absolute Gasteiger partial charge is 0.257 e. The van der Waals surface area contributed by atoms with Gasteiger partial charge in [0.2, 0.25) is 5.78 Å². The van der Waals surface area contributed by atoms with Gasteiger partial charge in [0, 0.05) is 5.56 Å². The summed E-state index contributed by atoms with van der Waals surface area (Å²) in [6.45, 7) is 3.21. The van der Waals surface area contributed by atoms with Gasteiger partial charge < -0.3 is 0 Å². The van der Waals surface area contributed by atoms with Crippen LogP contribution in [0.2, 0.25) is 0 Å². The minimum Gasteiger partial charge on any atom is -0.290 e. The molecule has 0 amide bonds. The van der Waals surface area contributed by atoms with Crippen LogP contribution in [-0.2, 0) is 9.84 Å². The molecule has 0 N–H and O–H groups in total. The third-order valence-electron chi connectivity index (χ3n) is 2.42. The van der Waals surface area contributed by atoms with E-state index in [4.69, 9.17) is 11.6 Å². The Kier molecular flexibility index (Phi) is 4.60. The maximum Gasteiger partial charge on any atom is 0.257 e. The summed E-state index contributed by atoms with van der Waals surface area (Å²) in [4.78, 5) is 12.2. The van der Waals surface area contributed by atoms with E-state index < -0.39 is 17.8 Å². The molecule has 1 rings (SSSR count). The number of carbonyl (C=O) groups is 1. The molecular weight excluding hydrogens is 375 g/mol. The number of rotatable bonds is 4. The van der Waals surface area contributed by atoms with E-state index in [-0.39, 0.29) is 5.75 Å². The van der Waals surface area contributed by atoms with E-state index in [0.29, 0.717) is 11.1 Å². The van der Waals surface area contributed by atoms with Crippen molar-refractivity contribution in [2.75, 3.05) is 5.75 Å².